The first-order valence-electron chi connectivity index (χ1n) is 7.05. The van der Waals surface area contributed by atoms with Gasteiger partial charge in [-0.25, -0.2) is 4.68 Å². The van der Waals surface area contributed by atoms with Crippen molar-refractivity contribution in [3.05, 3.63) is 23.8 Å². The van der Waals surface area contributed by atoms with Crippen LogP contribution in [0.4, 0.5) is 11.4 Å². The van der Waals surface area contributed by atoms with Gasteiger partial charge in [-0.05, 0) is 41.1 Å². The number of benzene rings is 1. The van der Waals surface area contributed by atoms with E-state index in [1.165, 1.54) is 16.4 Å². The minimum absolute atomic E-state index is 0.0430. The van der Waals surface area contributed by atoms with Crippen molar-refractivity contribution in [2.45, 2.75) is 25.4 Å². The number of aryl methyl sites for hydroxylation is 2. The van der Waals surface area contributed by atoms with Gasteiger partial charge in [0.25, 0.3) is 0 Å². The highest BCUT2D eigenvalue weighted by atomic mass is 32.2. The predicted molar refractivity (Wildman–Crippen MR) is 88.3 cm³/mol. The van der Waals surface area contributed by atoms with Crippen LogP contribution in [0.1, 0.15) is 18.9 Å². The van der Waals surface area contributed by atoms with Crippen LogP contribution in [0.25, 0.3) is 0 Å². The van der Waals surface area contributed by atoms with Crippen LogP contribution in [-0.2, 0) is 16.6 Å². The lowest BCUT2D eigenvalue weighted by molar-refractivity contribution is -0.116. The van der Waals surface area contributed by atoms with Gasteiger partial charge in [-0.1, -0.05) is 18.7 Å². The van der Waals surface area contributed by atoms with E-state index in [1.807, 2.05) is 13.0 Å². The van der Waals surface area contributed by atoms with Crippen molar-refractivity contribution in [2.24, 2.45) is 7.05 Å². The Morgan fingerprint density at radius 2 is 2.04 bits per heavy atom. The van der Waals surface area contributed by atoms with Gasteiger partial charge in [0.1, 0.15) is 0 Å². The maximum absolute atomic E-state index is 12.0. The molecule has 0 fully saturated rings. The molecule has 0 saturated carbocycles. The zero-order valence-electron chi connectivity index (χ0n) is 13.2. The van der Waals surface area contributed by atoms with Gasteiger partial charge in [-0.2, -0.15) is 0 Å². The molecule has 0 saturated heterocycles. The van der Waals surface area contributed by atoms with Crippen LogP contribution < -0.4 is 10.6 Å². The summed E-state index contributed by atoms with van der Waals surface area (Å²) in [5.74, 6) is 0.0167. The van der Waals surface area contributed by atoms with E-state index in [0.29, 0.717) is 17.3 Å². The monoisotopic (exact) mass is 334 g/mol. The Labute approximate surface area is 138 Å². The number of nitrogens with one attached hydrogen (secondary N) is 2. The molecule has 1 aromatic heterocycles. The van der Waals surface area contributed by atoms with Crippen LogP contribution in [0, 0.1) is 6.92 Å². The van der Waals surface area contributed by atoms with Gasteiger partial charge in [0.2, 0.25) is 17.0 Å². The van der Waals surface area contributed by atoms with Gasteiger partial charge in [-0.15, -0.1) is 5.10 Å². The van der Waals surface area contributed by atoms with Crippen molar-refractivity contribution in [3.63, 3.8) is 0 Å². The molecule has 2 rings (SSSR count). The van der Waals surface area contributed by atoms with E-state index >= 15 is 0 Å². The molecule has 2 aromatic rings. The molecule has 2 N–H and O–H groups in total. The Bertz CT molecular complexity index is 715. The van der Waals surface area contributed by atoms with Crippen LogP contribution in [-0.4, -0.2) is 37.8 Å². The van der Waals surface area contributed by atoms with E-state index in [2.05, 4.69) is 26.2 Å². The minimum atomic E-state index is -0.150. The van der Waals surface area contributed by atoms with E-state index in [9.17, 15) is 9.59 Å². The fourth-order valence-corrected chi connectivity index (χ4v) is 2.44. The largest absolute Gasteiger partial charge is 0.326 e. The summed E-state index contributed by atoms with van der Waals surface area (Å²) < 4.78 is 1.51. The number of anilines is 2. The SMILES string of the molecule is CCC(=O)Nc1ccc(NC(=O)CSc2nnnn2C)cc1C. The smallest absolute Gasteiger partial charge is 0.234 e. The number of hydrogen-bond acceptors (Lipinski definition) is 6. The molecule has 0 radical (unpaired) electrons. The molecule has 23 heavy (non-hydrogen) atoms. The van der Waals surface area contributed by atoms with Crippen LogP contribution in [0.15, 0.2) is 23.4 Å². The first kappa shape index (κ1) is 16.9. The van der Waals surface area contributed by atoms with Crippen molar-refractivity contribution in [3.8, 4) is 0 Å². The Hall–Kier alpha value is -2.42. The van der Waals surface area contributed by atoms with Crippen molar-refractivity contribution >= 4 is 35.0 Å². The topological polar surface area (TPSA) is 102 Å². The molecule has 122 valence electrons. The average molecular weight is 334 g/mol. The molecule has 0 atom stereocenters. The molecule has 1 heterocycles. The summed E-state index contributed by atoms with van der Waals surface area (Å²) in [4.78, 5) is 23.4. The van der Waals surface area contributed by atoms with Gasteiger partial charge in [-0.3, -0.25) is 9.59 Å². The molecule has 2 amide bonds. The van der Waals surface area contributed by atoms with Gasteiger partial charge in [0.15, 0.2) is 0 Å². The average Bonchev–Trinajstić information content (AvgIpc) is 2.93. The zero-order valence-corrected chi connectivity index (χ0v) is 14.0. The maximum Gasteiger partial charge on any atom is 0.234 e. The standard InChI is InChI=1S/C14H18N6O2S/c1-4-12(21)16-11-6-5-10(7-9(11)2)15-13(22)8-23-14-17-18-19-20(14)3/h5-7H,4,8H2,1-3H3,(H,15,22)(H,16,21). The third-order valence-corrected chi connectivity index (χ3v) is 4.03. The highest BCUT2D eigenvalue weighted by Gasteiger charge is 2.09. The first-order chi connectivity index (χ1) is 11.0. The highest BCUT2D eigenvalue weighted by Crippen LogP contribution is 2.20. The van der Waals surface area contributed by atoms with Crippen molar-refractivity contribution in [2.75, 3.05) is 16.4 Å². The summed E-state index contributed by atoms with van der Waals surface area (Å²) >= 11 is 1.26. The molecule has 0 aliphatic rings. The molecule has 0 aliphatic carbocycles. The van der Waals surface area contributed by atoms with E-state index in [4.69, 9.17) is 0 Å². The summed E-state index contributed by atoms with van der Waals surface area (Å²) in [6, 6.07) is 5.35. The van der Waals surface area contributed by atoms with E-state index in [-0.39, 0.29) is 17.6 Å². The molecular weight excluding hydrogens is 316 g/mol. The van der Waals surface area contributed by atoms with Gasteiger partial charge in [0.05, 0.1) is 5.75 Å². The molecule has 8 nitrogen and oxygen atoms in total. The number of tetrazole rings is 1. The summed E-state index contributed by atoms with van der Waals surface area (Å²) in [5.41, 5.74) is 2.31. The summed E-state index contributed by atoms with van der Waals surface area (Å²) in [7, 11) is 1.72. The predicted octanol–water partition coefficient (Wildman–Crippen LogP) is 1.60. The molecule has 0 bridgehead atoms. The van der Waals surface area contributed by atoms with Crippen LogP contribution in [0.5, 0.6) is 0 Å². The lowest BCUT2D eigenvalue weighted by Gasteiger charge is -2.10. The number of nitrogens with zero attached hydrogens (tertiary/aromatic N) is 4. The Balaban J connectivity index is 1.92. The van der Waals surface area contributed by atoms with E-state index in [0.717, 1.165) is 11.3 Å². The molecule has 9 heteroatoms. The number of carbonyl (C=O) groups excluding carboxylic acids is 2. The first-order valence-corrected chi connectivity index (χ1v) is 8.03. The quantitative estimate of drug-likeness (QED) is 0.778. The maximum atomic E-state index is 12.0. The number of carbonyl (C=O) groups is 2. The van der Waals surface area contributed by atoms with Crippen molar-refractivity contribution in [1.29, 1.82) is 0 Å². The summed E-state index contributed by atoms with van der Waals surface area (Å²) in [5, 5.41) is 17.2. The molecule has 0 spiro atoms. The van der Waals surface area contributed by atoms with Gasteiger partial charge in [0, 0.05) is 24.8 Å². The lowest BCUT2D eigenvalue weighted by Crippen LogP contribution is -2.15. The summed E-state index contributed by atoms with van der Waals surface area (Å²) in [6.07, 6.45) is 0.423. The Kier molecular flexibility index (Phi) is 5.69. The number of thioether (sulfide) groups is 1. The van der Waals surface area contributed by atoms with Crippen LogP contribution in [0.2, 0.25) is 0 Å². The lowest BCUT2D eigenvalue weighted by atomic mass is 10.1. The van der Waals surface area contributed by atoms with Crippen LogP contribution in [0.3, 0.4) is 0 Å². The van der Waals surface area contributed by atoms with E-state index < -0.39 is 0 Å². The second-order valence-corrected chi connectivity index (χ2v) is 5.80. The van der Waals surface area contributed by atoms with E-state index in [1.54, 1.807) is 26.1 Å². The second-order valence-electron chi connectivity index (χ2n) is 4.85. The summed E-state index contributed by atoms with van der Waals surface area (Å²) in [6.45, 7) is 3.67. The third kappa shape index (κ3) is 4.78. The van der Waals surface area contributed by atoms with Crippen molar-refractivity contribution < 1.29 is 9.59 Å². The van der Waals surface area contributed by atoms with Gasteiger partial charge >= 0.3 is 0 Å². The Morgan fingerprint density at radius 3 is 2.65 bits per heavy atom. The van der Waals surface area contributed by atoms with Crippen LogP contribution >= 0.6 is 11.8 Å². The normalized spacial score (nSPS) is 10.4. The fraction of sp³-hybridized carbons (Fsp3) is 0.357. The number of amides is 2. The third-order valence-electron chi connectivity index (χ3n) is 3.02. The Morgan fingerprint density at radius 1 is 1.26 bits per heavy atom. The number of hydrogen-bond donors (Lipinski definition) is 2. The number of rotatable bonds is 6. The number of aromatic nitrogens is 4. The molecule has 0 unspecified atom stereocenters. The molecule has 1 aromatic carbocycles. The molecule has 0 aliphatic heterocycles. The minimum Gasteiger partial charge on any atom is -0.326 e. The second kappa shape index (κ2) is 7.73. The highest BCUT2D eigenvalue weighted by molar-refractivity contribution is 7.99. The zero-order chi connectivity index (χ0) is 16.8. The fourth-order valence-electron chi connectivity index (χ4n) is 1.79. The van der Waals surface area contributed by atoms with Gasteiger partial charge < -0.3 is 10.6 Å². The molecular formula is C14H18N6O2S. The van der Waals surface area contributed by atoms with Crippen molar-refractivity contribution in [1.82, 2.24) is 20.2 Å².